The van der Waals surface area contributed by atoms with E-state index in [1.807, 2.05) is 17.5 Å². The Balaban J connectivity index is 1.54. The van der Waals surface area contributed by atoms with E-state index in [1.54, 1.807) is 35.9 Å². The Bertz CT molecular complexity index is 1030. The lowest BCUT2D eigenvalue weighted by atomic mass is 10.2. The molecule has 140 valence electrons. The zero-order valence-electron chi connectivity index (χ0n) is 14.8. The number of rotatable bonds is 7. The Kier molecular flexibility index (Phi) is 5.98. The number of hydrogen-bond donors (Lipinski definition) is 1. The molecule has 2 heterocycles. The van der Waals surface area contributed by atoms with Crippen molar-refractivity contribution in [2.24, 2.45) is 0 Å². The first kappa shape index (κ1) is 19.2. The Morgan fingerprint density at radius 1 is 1.15 bits per heavy atom. The summed E-state index contributed by atoms with van der Waals surface area (Å²) in [6.07, 6.45) is 6.03. The van der Waals surface area contributed by atoms with Gasteiger partial charge in [-0.1, -0.05) is 12.1 Å². The Morgan fingerprint density at radius 2 is 1.89 bits per heavy atom. The van der Waals surface area contributed by atoms with E-state index in [2.05, 4.69) is 15.3 Å². The van der Waals surface area contributed by atoms with Gasteiger partial charge < -0.3 is 5.32 Å². The maximum atomic E-state index is 12.3. The second-order valence-corrected chi connectivity index (χ2v) is 8.92. The average molecular weight is 402 g/mol. The number of aromatic nitrogens is 2. The highest BCUT2D eigenvalue weighted by atomic mass is 32.2. The number of sulfone groups is 1. The van der Waals surface area contributed by atoms with E-state index in [4.69, 9.17) is 0 Å². The lowest BCUT2D eigenvalue weighted by molar-refractivity contribution is 0.0950. The fraction of sp³-hybridized carbons (Fsp3) is 0.211. The highest BCUT2D eigenvalue weighted by molar-refractivity contribution is 7.90. The Hall–Kier alpha value is -2.58. The maximum Gasteiger partial charge on any atom is 0.252 e. The molecule has 0 aliphatic rings. The molecule has 0 saturated heterocycles. The third-order valence-electron chi connectivity index (χ3n) is 3.91. The minimum atomic E-state index is -3.45. The second-order valence-electron chi connectivity index (χ2n) is 5.99. The van der Waals surface area contributed by atoms with Crippen LogP contribution in [-0.2, 0) is 16.3 Å². The van der Waals surface area contributed by atoms with Crippen LogP contribution in [0.1, 0.15) is 21.8 Å². The summed E-state index contributed by atoms with van der Waals surface area (Å²) >= 11 is 1.58. The minimum absolute atomic E-state index is 0.0458. The molecule has 0 radical (unpaired) electrons. The third kappa shape index (κ3) is 4.99. The first-order chi connectivity index (χ1) is 12.9. The van der Waals surface area contributed by atoms with Gasteiger partial charge in [0.2, 0.25) is 0 Å². The number of aryl methyl sites for hydroxylation is 1. The van der Waals surface area contributed by atoms with Gasteiger partial charge in [-0.05, 0) is 30.7 Å². The number of nitrogens with zero attached hydrogens (tertiary/aromatic N) is 2. The van der Waals surface area contributed by atoms with Gasteiger partial charge in [-0.25, -0.2) is 13.4 Å². The van der Waals surface area contributed by atoms with Crippen LogP contribution in [0.2, 0.25) is 0 Å². The zero-order valence-corrected chi connectivity index (χ0v) is 16.4. The fourth-order valence-corrected chi connectivity index (χ4v) is 4.33. The summed E-state index contributed by atoms with van der Waals surface area (Å²) in [7, 11) is -3.45. The number of carbonyl (C=O) groups is 1. The van der Waals surface area contributed by atoms with Crippen LogP contribution in [0.5, 0.6) is 0 Å². The molecule has 8 heteroatoms. The molecule has 0 aliphatic carbocycles. The van der Waals surface area contributed by atoms with Gasteiger partial charge >= 0.3 is 0 Å². The Morgan fingerprint density at radius 3 is 2.63 bits per heavy atom. The molecule has 0 bridgehead atoms. The van der Waals surface area contributed by atoms with E-state index in [9.17, 15) is 13.2 Å². The van der Waals surface area contributed by atoms with Crippen molar-refractivity contribution >= 4 is 27.1 Å². The number of hydrogen-bond acceptors (Lipinski definition) is 6. The number of thiazole rings is 1. The van der Waals surface area contributed by atoms with Crippen molar-refractivity contribution in [3.05, 3.63) is 64.7 Å². The normalized spacial score (nSPS) is 11.3. The van der Waals surface area contributed by atoms with E-state index < -0.39 is 9.84 Å². The van der Waals surface area contributed by atoms with Crippen molar-refractivity contribution in [1.29, 1.82) is 0 Å². The zero-order chi connectivity index (χ0) is 19.3. The molecule has 3 rings (SSSR count). The van der Waals surface area contributed by atoms with Gasteiger partial charge in [-0.2, -0.15) is 0 Å². The maximum absolute atomic E-state index is 12.3. The SMILES string of the molecule is CS(=O)(=O)c1ccccc1C(=O)NCCCc1nc(-c2ccncc2)cs1. The molecular formula is C19H19N3O3S2. The van der Waals surface area contributed by atoms with Gasteiger partial charge in [0.15, 0.2) is 9.84 Å². The summed E-state index contributed by atoms with van der Waals surface area (Å²) in [5.41, 5.74) is 2.12. The molecule has 0 unspecified atom stereocenters. The van der Waals surface area contributed by atoms with Crippen LogP contribution in [0.4, 0.5) is 0 Å². The van der Waals surface area contributed by atoms with Crippen LogP contribution in [-0.4, -0.2) is 37.1 Å². The molecule has 1 aromatic carbocycles. The van der Waals surface area contributed by atoms with Gasteiger partial charge in [-0.3, -0.25) is 9.78 Å². The summed E-state index contributed by atoms with van der Waals surface area (Å²) in [6.45, 7) is 0.446. The van der Waals surface area contributed by atoms with E-state index in [0.717, 1.165) is 35.4 Å². The quantitative estimate of drug-likeness (QED) is 0.615. The van der Waals surface area contributed by atoms with Gasteiger partial charge in [0, 0.05) is 42.6 Å². The molecule has 0 aliphatic heterocycles. The average Bonchev–Trinajstić information content (AvgIpc) is 3.14. The number of pyridine rings is 1. The standard InChI is InChI=1S/C19H19N3O3S2/c1-27(24,25)17-6-3-2-5-15(17)19(23)21-10-4-7-18-22-16(13-26-18)14-8-11-20-12-9-14/h2-3,5-6,8-9,11-13H,4,7,10H2,1H3,(H,21,23). The largest absolute Gasteiger partial charge is 0.352 e. The summed E-state index contributed by atoms with van der Waals surface area (Å²) in [4.78, 5) is 21.0. The molecule has 0 fully saturated rings. The minimum Gasteiger partial charge on any atom is -0.352 e. The van der Waals surface area contributed by atoms with E-state index >= 15 is 0 Å². The van der Waals surface area contributed by atoms with Crippen molar-refractivity contribution in [2.75, 3.05) is 12.8 Å². The first-order valence-electron chi connectivity index (χ1n) is 8.37. The summed E-state index contributed by atoms with van der Waals surface area (Å²) in [5.74, 6) is -0.382. The highest BCUT2D eigenvalue weighted by Crippen LogP contribution is 2.21. The topological polar surface area (TPSA) is 89.0 Å². The van der Waals surface area contributed by atoms with Crippen molar-refractivity contribution in [3.8, 4) is 11.3 Å². The first-order valence-corrected chi connectivity index (χ1v) is 11.1. The second kappa shape index (κ2) is 8.41. The molecule has 27 heavy (non-hydrogen) atoms. The Labute approximate surface area is 162 Å². The predicted molar refractivity (Wildman–Crippen MR) is 106 cm³/mol. The van der Waals surface area contributed by atoms with Crippen LogP contribution < -0.4 is 5.32 Å². The van der Waals surface area contributed by atoms with Crippen LogP contribution in [0.25, 0.3) is 11.3 Å². The van der Waals surface area contributed by atoms with Crippen LogP contribution in [0, 0.1) is 0 Å². The lowest BCUT2D eigenvalue weighted by Crippen LogP contribution is -2.26. The van der Waals surface area contributed by atoms with Crippen molar-refractivity contribution in [1.82, 2.24) is 15.3 Å². The molecule has 1 N–H and O–H groups in total. The summed E-state index contributed by atoms with van der Waals surface area (Å²) in [6, 6.07) is 10.1. The number of amides is 1. The van der Waals surface area contributed by atoms with Gasteiger partial charge in [-0.15, -0.1) is 11.3 Å². The molecule has 0 spiro atoms. The van der Waals surface area contributed by atoms with E-state index in [-0.39, 0.29) is 16.4 Å². The number of nitrogens with one attached hydrogen (secondary N) is 1. The summed E-state index contributed by atoms with van der Waals surface area (Å²) < 4.78 is 23.6. The van der Waals surface area contributed by atoms with Crippen LogP contribution in [0.3, 0.4) is 0 Å². The van der Waals surface area contributed by atoms with E-state index in [1.165, 1.54) is 12.1 Å². The molecule has 2 aromatic heterocycles. The van der Waals surface area contributed by atoms with Crippen molar-refractivity contribution in [2.45, 2.75) is 17.7 Å². The number of carbonyl (C=O) groups excluding carboxylic acids is 1. The van der Waals surface area contributed by atoms with Gasteiger partial charge in [0.25, 0.3) is 5.91 Å². The van der Waals surface area contributed by atoms with Crippen molar-refractivity contribution in [3.63, 3.8) is 0 Å². The smallest absolute Gasteiger partial charge is 0.252 e. The van der Waals surface area contributed by atoms with Crippen LogP contribution >= 0.6 is 11.3 Å². The van der Waals surface area contributed by atoms with Crippen LogP contribution in [0.15, 0.2) is 59.1 Å². The van der Waals surface area contributed by atoms with E-state index in [0.29, 0.717) is 6.54 Å². The number of benzene rings is 1. The summed E-state index contributed by atoms with van der Waals surface area (Å²) in [5, 5.41) is 5.78. The monoisotopic (exact) mass is 401 g/mol. The fourth-order valence-electron chi connectivity index (χ4n) is 2.60. The van der Waals surface area contributed by atoms with Gasteiger partial charge in [0.05, 0.1) is 21.2 Å². The van der Waals surface area contributed by atoms with Crippen molar-refractivity contribution < 1.29 is 13.2 Å². The lowest BCUT2D eigenvalue weighted by Gasteiger charge is -2.08. The molecule has 6 nitrogen and oxygen atoms in total. The molecule has 0 atom stereocenters. The molecule has 3 aromatic rings. The predicted octanol–water partition coefficient (Wildman–Crippen LogP) is 2.97. The molecule has 1 amide bonds. The van der Waals surface area contributed by atoms with Gasteiger partial charge in [0.1, 0.15) is 0 Å². The molecular weight excluding hydrogens is 382 g/mol. The third-order valence-corrected chi connectivity index (χ3v) is 5.98. The molecule has 0 saturated carbocycles. The highest BCUT2D eigenvalue weighted by Gasteiger charge is 2.17.